The molecule has 0 atom stereocenters. The number of hydrogen-bond donors (Lipinski definition) is 0. The van der Waals surface area contributed by atoms with Gasteiger partial charge < -0.3 is 4.74 Å². The molecule has 0 radical (unpaired) electrons. The van der Waals surface area contributed by atoms with Crippen molar-refractivity contribution < 1.29 is 9.53 Å². The van der Waals surface area contributed by atoms with Crippen LogP contribution in [0.15, 0.2) is 42.5 Å². The molecule has 0 spiro atoms. The third kappa shape index (κ3) is 3.15. The van der Waals surface area contributed by atoms with Gasteiger partial charge in [-0.05, 0) is 37.1 Å². The zero-order valence-corrected chi connectivity index (χ0v) is 11.7. The summed E-state index contributed by atoms with van der Waals surface area (Å²) in [5.74, 6) is 0.613. The summed E-state index contributed by atoms with van der Waals surface area (Å²) in [5, 5.41) is 0.503. The molecule has 0 amide bonds. The molecule has 0 saturated heterocycles. The molecule has 0 aliphatic heterocycles. The summed E-state index contributed by atoms with van der Waals surface area (Å²) >= 11 is 6.23. The van der Waals surface area contributed by atoms with Crippen LogP contribution in [0, 0.1) is 6.92 Å². The number of benzene rings is 2. The molecule has 0 aliphatic rings. The van der Waals surface area contributed by atoms with E-state index in [1.807, 2.05) is 37.3 Å². The lowest BCUT2D eigenvalue weighted by atomic mass is 10.1. The predicted octanol–water partition coefficient (Wildman–Crippen LogP) is 4.43. The molecule has 2 nitrogen and oxygen atoms in total. The van der Waals surface area contributed by atoms with Crippen molar-refractivity contribution in [3.63, 3.8) is 0 Å². The molecule has 2 rings (SSSR count). The topological polar surface area (TPSA) is 26.3 Å². The lowest BCUT2D eigenvalue weighted by Crippen LogP contribution is -2.00. The Hall–Kier alpha value is -1.80. The van der Waals surface area contributed by atoms with Gasteiger partial charge in [-0.15, -0.1) is 0 Å². The van der Waals surface area contributed by atoms with Crippen molar-refractivity contribution in [3.8, 4) is 5.75 Å². The smallest absolute Gasteiger partial charge is 0.160 e. The second kappa shape index (κ2) is 5.89. The van der Waals surface area contributed by atoms with Crippen LogP contribution in [0.2, 0.25) is 5.02 Å². The van der Waals surface area contributed by atoms with Gasteiger partial charge in [0, 0.05) is 5.56 Å². The van der Waals surface area contributed by atoms with E-state index in [4.69, 9.17) is 16.3 Å². The number of rotatable bonds is 4. The summed E-state index contributed by atoms with van der Waals surface area (Å²) in [7, 11) is 0. The van der Waals surface area contributed by atoms with E-state index in [1.165, 1.54) is 6.92 Å². The lowest BCUT2D eigenvalue weighted by Gasteiger charge is -2.12. The maximum absolute atomic E-state index is 11.4. The first-order valence-electron chi connectivity index (χ1n) is 6.06. The Bertz CT molecular complexity index is 591. The fourth-order valence-electron chi connectivity index (χ4n) is 1.89. The average Bonchev–Trinajstić information content (AvgIpc) is 2.41. The molecule has 0 unspecified atom stereocenters. The van der Waals surface area contributed by atoms with Crippen molar-refractivity contribution in [2.75, 3.05) is 0 Å². The van der Waals surface area contributed by atoms with Crippen LogP contribution in [0.4, 0.5) is 0 Å². The van der Waals surface area contributed by atoms with Crippen LogP contribution in [-0.4, -0.2) is 5.78 Å². The number of ether oxygens (including phenoxy) is 1. The zero-order valence-electron chi connectivity index (χ0n) is 10.9. The molecule has 0 aliphatic carbocycles. The summed E-state index contributed by atoms with van der Waals surface area (Å²) in [6.07, 6.45) is 0. The maximum Gasteiger partial charge on any atom is 0.160 e. The molecule has 0 bridgehead atoms. The highest BCUT2D eigenvalue weighted by Gasteiger charge is 2.11. The highest BCUT2D eigenvalue weighted by Crippen LogP contribution is 2.31. The molecule has 19 heavy (non-hydrogen) atoms. The number of Topliss-reactive ketones (excluding diaryl/α,β-unsaturated/α-hetero) is 1. The summed E-state index contributed by atoms with van der Waals surface area (Å²) in [5.41, 5.74) is 2.48. The molecular weight excluding hydrogens is 260 g/mol. The molecule has 0 fully saturated rings. The summed E-state index contributed by atoms with van der Waals surface area (Å²) in [6.45, 7) is 3.82. The minimum absolute atomic E-state index is 0.00834. The van der Waals surface area contributed by atoms with Gasteiger partial charge in [-0.1, -0.05) is 41.9 Å². The van der Waals surface area contributed by atoms with Crippen LogP contribution in [-0.2, 0) is 6.61 Å². The van der Waals surface area contributed by atoms with E-state index in [0.717, 1.165) is 11.1 Å². The number of hydrogen-bond acceptors (Lipinski definition) is 2. The Morgan fingerprint density at radius 2 is 1.84 bits per heavy atom. The zero-order chi connectivity index (χ0) is 13.8. The predicted molar refractivity (Wildman–Crippen MR) is 77.0 cm³/mol. The first kappa shape index (κ1) is 13.6. The van der Waals surface area contributed by atoms with Crippen molar-refractivity contribution in [3.05, 3.63) is 64.2 Å². The van der Waals surface area contributed by atoms with Gasteiger partial charge in [-0.25, -0.2) is 0 Å². The van der Waals surface area contributed by atoms with Gasteiger partial charge in [-0.2, -0.15) is 0 Å². The minimum atomic E-state index is 0.00834. The normalized spacial score (nSPS) is 10.3. The van der Waals surface area contributed by atoms with E-state index >= 15 is 0 Å². The van der Waals surface area contributed by atoms with Gasteiger partial charge in [0.05, 0.1) is 5.02 Å². The van der Waals surface area contributed by atoms with Crippen LogP contribution in [0.5, 0.6) is 5.75 Å². The fraction of sp³-hybridized carbons (Fsp3) is 0.188. The van der Waals surface area contributed by atoms with Crippen molar-refractivity contribution in [1.82, 2.24) is 0 Å². The Balaban J connectivity index is 2.18. The number of halogens is 1. The lowest BCUT2D eigenvalue weighted by molar-refractivity contribution is 0.101. The van der Waals surface area contributed by atoms with Gasteiger partial charge in [0.25, 0.3) is 0 Å². The summed E-state index contributed by atoms with van der Waals surface area (Å²) in [4.78, 5) is 11.4. The van der Waals surface area contributed by atoms with Crippen molar-refractivity contribution in [1.29, 1.82) is 0 Å². The van der Waals surface area contributed by atoms with Crippen molar-refractivity contribution in [2.45, 2.75) is 20.5 Å². The largest absolute Gasteiger partial charge is 0.487 e. The standard InChI is InChI=1S/C16H15ClO2/c1-11-14(12(2)18)8-9-15(16(11)17)19-10-13-6-4-3-5-7-13/h3-9H,10H2,1-2H3. The van der Waals surface area contributed by atoms with Crippen LogP contribution in [0.3, 0.4) is 0 Å². The number of carbonyl (C=O) groups excluding carboxylic acids is 1. The van der Waals surface area contributed by atoms with Crippen molar-refractivity contribution in [2.24, 2.45) is 0 Å². The highest BCUT2D eigenvalue weighted by molar-refractivity contribution is 6.33. The van der Waals surface area contributed by atoms with Gasteiger partial charge in [0.15, 0.2) is 5.78 Å². The van der Waals surface area contributed by atoms with E-state index in [-0.39, 0.29) is 5.78 Å². The van der Waals surface area contributed by atoms with Crippen LogP contribution >= 0.6 is 11.6 Å². The SMILES string of the molecule is CC(=O)c1ccc(OCc2ccccc2)c(Cl)c1C. The van der Waals surface area contributed by atoms with E-state index in [0.29, 0.717) is 22.9 Å². The summed E-state index contributed by atoms with van der Waals surface area (Å²) in [6, 6.07) is 13.4. The number of ketones is 1. The quantitative estimate of drug-likeness (QED) is 0.771. The second-order valence-corrected chi connectivity index (χ2v) is 4.76. The Kier molecular flexibility index (Phi) is 4.23. The molecule has 3 heteroatoms. The fourth-order valence-corrected chi connectivity index (χ4v) is 2.11. The van der Waals surface area contributed by atoms with Crippen LogP contribution < -0.4 is 4.74 Å². The molecule has 2 aromatic rings. The van der Waals surface area contributed by atoms with Crippen LogP contribution in [0.25, 0.3) is 0 Å². The van der Waals surface area contributed by atoms with Gasteiger partial charge in [-0.3, -0.25) is 4.79 Å². The molecule has 2 aromatic carbocycles. The molecular formula is C16H15ClO2. The Morgan fingerprint density at radius 3 is 2.47 bits per heavy atom. The monoisotopic (exact) mass is 274 g/mol. The first-order chi connectivity index (χ1) is 9.09. The molecule has 0 saturated carbocycles. The third-order valence-corrected chi connectivity index (χ3v) is 3.44. The molecule has 0 N–H and O–H groups in total. The average molecular weight is 275 g/mol. The molecule has 0 heterocycles. The molecule has 98 valence electrons. The maximum atomic E-state index is 11.4. The second-order valence-electron chi connectivity index (χ2n) is 4.38. The van der Waals surface area contributed by atoms with Crippen LogP contribution in [0.1, 0.15) is 28.4 Å². The van der Waals surface area contributed by atoms with Gasteiger partial charge in [0.2, 0.25) is 0 Å². The number of carbonyl (C=O) groups is 1. The third-order valence-electron chi connectivity index (χ3n) is 2.97. The van der Waals surface area contributed by atoms with Gasteiger partial charge in [0.1, 0.15) is 12.4 Å². The van der Waals surface area contributed by atoms with E-state index < -0.39 is 0 Å². The first-order valence-corrected chi connectivity index (χ1v) is 6.44. The Morgan fingerprint density at radius 1 is 1.16 bits per heavy atom. The van der Waals surface area contributed by atoms with Crippen molar-refractivity contribution >= 4 is 17.4 Å². The Labute approximate surface area is 118 Å². The highest BCUT2D eigenvalue weighted by atomic mass is 35.5. The molecule has 0 aromatic heterocycles. The van der Waals surface area contributed by atoms with E-state index in [2.05, 4.69) is 0 Å². The van der Waals surface area contributed by atoms with E-state index in [1.54, 1.807) is 12.1 Å². The van der Waals surface area contributed by atoms with Gasteiger partial charge >= 0.3 is 0 Å². The van der Waals surface area contributed by atoms with E-state index in [9.17, 15) is 4.79 Å². The minimum Gasteiger partial charge on any atom is -0.487 e. The summed E-state index contributed by atoms with van der Waals surface area (Å²) < 4.78 is 5.70.